The van der Waals surface area contributed by atoms with E-state index < -0.39 is 0 Å². The Balaban J connectivity index is 2.04. The number of aromatic nitrogens is 1. The monoisotopic (exact) mass is 252 g/mol. The molecule has 0 amide bonds. The van der Waals surface area contributed by atoms with E-state index in [0.29, 0.717) is 11.2 Å². The van der Waals surface area contributed by atoms with Gasteiger partial charge in [-0.15, -0.1) is 0 Å². The first kappa shape index (κ1) is 12.8. The molecule has 0 aliphatic carbocycles. The fourth-order valence-corrected chi connectivity index (χ4v) is 2.89. The van der Waals surface area contributed by atoms with Crippen molar-refractivity contribution in [3.63, 3.8) is 0 Å². The van der Waals surface area contributed by atoms with Crippen LogP contribution in [0.4, 0.5) is 0 Å². The van der Waals surface area contributed by atoms with Gasteiger partial charge < -0.3 is 0 Å². The summed E-state index contributed by atoms with van der Waals surface area (Å²) in [5.74, 6) is 1.57. The third-order valence-electron chi connectivity index (χ3n) is 3.89. The number of halogens is 1. The summed E-state index contributed by atoms with van der Waals surface area (Å²) < 4.78 is 0. The van der Waals surface area contributed by atoms with Crippen molar-refractivity contribution < 1.29 is 0 Å². The van der Waals surface area contributed by atoms with Crippen LogP contribution in [0.15, 0.2) is 18.3 Å². The Labute approximate surface area is 109 Å². The van der Waals surface area contributed by atoms with Gasteiger partial charge in [-0.25, -0.2) is 4.98 Å². The maximum Gasteiger partial charge on any atom is 0.129 e. The summed E-state index contributed by atoms with van der Waals surface area (Å²) in [5, 5.41) is 0.571. The molecule has 0 aromatic carbocycles. The van der Waals surface area contributed by atoms with Crippen LogP contribution >= 0.6 is 11.6 Å². The van der Waals surface area contributed by atoms with Gasteiger partial charge in [-0.1, -0.05) is 31.5 Å². The SMILES string of the molecule is CC1CC(C)C(C)N(Cc2ccc(Cl)nc2)C1. The first-order valence-corrected chi connectivity index (χ1v) is 6.78. The molecule has 3 unspecified atom stereocenters. The van der Waals surface area contributed by atoms with Gasteiger partial charge in [-0.3, -0.25) is 4.90 Å². The van der Waals surface area contributed by atoms with Gasteiger partial charge in [-0.05, 0) is 36.8 Å². The molecule has 1 aromatic heterocycles. The van der Waals surface area contributed by atoms with Crippen LogP contribution in [0.3, 0.4) is 0 Å². The van der Waals surface area contributed by atoms with E-state index in [1.807, 2.05) is 12.3 Å². The highest BCUT2D eigenvalue weighted by Crippen LogP contribution is 2.28. The minimum Gasteiger partial charge on any atom is -0.296 e. The lowest BCUT2D eigenvalue weighted by molar-refractivity contribution is 0.0729. The summed E-state index contributed by atoms with van der Waals surface area (Å²) in [6, 6.07) is 4.60. The molecule has 0 radical (unpaired) electrons. The standard InChI is InChI=1S/C14H21ClN2/c1-10-6-11(2)12(3)17(8-10)9-13-4-5-14(15)16-7-13/h4-5,7,10-12H,6,8-9H2,1-3H3. The minimum atomic E-state index is 0.571. The molecule has 1 aliphatic rings. The summed E-state index contributed by atoms with van der Waals surface area (Å²) in [6.45, 7) is 9.21. The highest BCUT2D eigenvalue weighted by Gasteiger charge is 2.28. The zero-order valence-corrected chi connectivity index (χ0v) is 11.6. The van der Waals surface area contributed by atoms with Crippen molar-refractivity contribution in [2.24, 2.45) is 11.8 Å². The highest BCUT2D eigenvalue weighted by molar-refractivity contribution is 6.29. The van der Waals surface area contributed by atoms with Gasteiger partial charge in [0.15, 0.2) is 0 Å². The van der Waals surface area contributed by atoms with Crippen molar-refractivity contribution in [2.75, 3.05) is 6.54 Å². The zero-order valence-electron chi connectivity index (χ0n) is 10.9. The van der Waals surface area contributed by atoms with Crippen LogP contribution in [0.2, 0.25) is 5.15 Å². The summed E-state index contributed by atoms with van der Waals surface area (Å²) in [5.41, 5.74) is 1.25. The second-order valence-electron chi connectivity index (χ2n) is 5.48. The molecule has 1 saturated heterocycles. The van der Waals surface area contributed by atoms with E-state index >= 15 is 0 Å². The van der Waals surface area contributed by atoms with Crippen LogP contribution in [0.25, 0.3) is 0 Å². The number of nitrogens with zero attached hydrogens (tertiary/aromatic N) is 2. The molecule has 1 aromatic rings. The number of hydrogen-bond donors (Lipinski definition) is 0. The largest absolute Gasteiger partial charge is 0.296 e. The van der Waals surface area contributed by atoms with Crippen LogP contribution < -0.4 is 0 Å². The number of pyridine rings is 1. The van der Waals surface area contributed by atoms with Gasteiger partial charge in [-0.2, -0.15) is 0 Å². The molecule has 94 valence electrons. The van der Waals surface area contributed by atoms with E-state index in [4.69, 9.17) is 11.6 Å². The Kier molecular flexibility index (Phi) is 4.05. The fourth-order valence-electron chi connectivity index (χ4n) is 2.78. The molecule has 1 aliphatic heterocycles. The van der Waals surface area contributed by atoms with Crippen molar-refractivity contribution in [3.8, 4) is 0 Å². The average Bonchev–Trinajstić information content (AvgIpc) is 2.28. The van der Waals surface area contributed by atoms with Crippen molar-refractivity contribution in [1.82, 2.24) is 9.88 Å². The normalized spacial score (nSPS) is 30.5. The Morgan fingerprint density at radius 1 is 1.35 bits per heavy atom. The molecule has 2 nitrogen and oxygen atoms in total. The Hall–Kier alpha value is -0.600. The van der Waals surface area contributed by atoms with E-state index in [1.54, 1.807) is 0 Å². The van der Waals surface area contributed by atoms with Gasteiger partial charge in [0.2, 0.25) is 0 Å². The second kappa shape index (κ2) is 5.36. The predicted molar refractivity (Wildman–Crippen MR) is 72.1 cm³/mol. The lowest BCUT2D eigenvalue weighted by Gasteiger charge is -2.41. The lowest BCUT2D eigenvalue weighted by Crippen LogP contribution is -2.45. The molecule has 1 fully saturated rings. The lowest BCUT2D eigenvalue weighted by atomic mass is 9.86. The quantitative estimate of drug-likeness (QED) is 0.748. The minimum absolute atomic E-state index is 0.571. The molecular weight excluding hydrogens is 232 g/mol. The Morgan fingerprint density at radius 2 is 2.12 bits per heavy atom. The molecule has 3 heteroatoms. The maximum absolute atomic E-state index is 5.80. The van der Waals surface area contributed by atoms with E-state index in [9.17, 15) is 0 Å². The molecule has 17 heavy (non-hydrogen) atoms. The van der Waals surface area contributed by atoms with E-state index in [2.05, 4.69) is 36.7 Å². The molecule has 3 atom stereocenters. The number of hydrogen-bond acceptors (Lipinski definition) is 2. The van der Waals surface area contributed by atoms with E-state index in [0.717, 1.165) is 18.4 Å². The summed E-state index contributed by atoms with van der Waals surface area (Å²) in [7, 11) is 0. The van der Waals surface area contributed by atoms with Crippen LogP contribution in [0.5, 0.6) is 0 Å². The first-order chi connectivity index (χ1) is 8.06. The molecule has 2 heterocycles. The maximum atomic E-state index is 5.80. The molecule has 0 N–H and O–H groups in total. The molecular formula is C14H21ClN2. The molecule has 2 rings (SSSR count). The zero-order chi connectivity index (χ0) is 12.4. The topological polar surface area (TPSA) is 16.1 Å². The number of piperidine rings is 1. The van der Waals surface area contributed by atoms with Crippen LogP contribution in [0, 0.1) is 11.8 Å². The summed E-state index contributed by atoms with van der Waals surface area (Å²) in [6.07, 6.45) is 3.23. The van der Waals surface area contributed by atoms with Gasteiger partial charge in [0.25, 0.3) is 0 Å². The van der Waals surface area contributed by atoms with Crippen molar-refractivity contribution in [2.45, 2.75) is 39.8 Å². The Morgan fingerprint density at radius 3 is 2.76 bits per heavy atom. The van der Waals surface area contributed by atoms with Gasteiger partial charge >= 0.3 is 0 Å². The third-order valence-corrected chi connectivity index (χ3v) is 4.12. The second-order valence-corrected chi connectivity index (χ2v) is 5.86. The van der Waals surface area contributed by atoms with Crippen molar-refractivity contribution >= 4 is 11.6 Å². The first-order valence-electron chi connectivity index (χ1n) is 6.40. The van der Waals surface area contributed by atoms with E-state index in [1.165, 1.54) is 18.5 Å². The third kappa shape index (κ3) is 3.20. The Bertz CT molecular complexity index is 363. The van der Waals surface area contributed by atoms with Crippen LogP contribution in [-0.2, 0) is 6.54 Å². The van der Waals surface area contributed by atoms with Gasteiger partial charge in [0, 0.05) is 25.3 Å². The number of rotatable bonds is 2. The smallest absolute Gasteiger partial charge is 0.129 e. The predicted octanol–water partition coefficient (Wildman–Crippen LogP) is 3.60. The summed E-state index contributed by atoms with van der Waals surface area (Å²) in [4.78, 5) is 6.71. The van der Waals surface area contributed by atoms with Crippen LogP contribution in [-0.4, -0.2) is 22.5 Å². The fraction of sp³-hybridized carbons (Fsp3) is 0.643. The van der Waals surface area contributed by atoms with Crippen molar-refractivity contribution in [3.05, 3.63) is 29.0 Å². The molecule has 0 saturated carbocycles. The highest BCUT2D eigenvalue weighted by atomic mass is 35.5. The number of likely N-dealkylation sites (tertiary alicyclic amines) is 1. The van der Waals surface area contributed by atoms with Gasteiger partial charge in [0.05, 0.1) is 0 Å². The average molecular weight is 253 g/mol. The van der Waals surface area contributed by atoms with Crippen LogP contribution in [0.1, 0.15) is 32.8 Å². The molecule has 0 bridgehead atoms. The van der Waals surface area contributed by atoms with Crippen molar-refractivity contribution in [1.29, 1.82) is 0 Å². The molecule has 0 spiro atoms. The van der Waals surface area contributed by atoms with E-state index in [-0.39, 0.29) is 0 Å². The summed E-state index contributed by atoms with van der Waals surface area (Å²) >= 11 is 5.80. The van der Waals surface area contributed by atoms with Gasteiger partial charge in [0.1, 0.15) is 5.15 Å².